The Morgan fingerprint density at radius 1 is 1.36 bits per heavy atom. The molecular formula is C10H7Br. The summed E-state index contributed by atoms with van der Waals surface area (Å²) in [6.07, 6.45) is 8.65. The monoisotopic (exact) mass is 206 g/mol. The van der Waals surface area contributed by atoms with E-state index in [9.17, 15) is 0 Å². The summed E-state index contributed by atoms with van der Waals surface area (Å²) in [7, 11) is 0. The zero-order chi connectivity index (χ0) is 8.10. The van der Waals surface area contributed by atoms with Crippen molar-refractivity contribution in [1.82, 2.24) is 0 Å². The van der Waals surface area contributed by atoms with Gasteiger partial charge < -0.3 is 0 Å². The molecule has 0 nitrogen and oxygen atoms in total. The van der Waals surface area contributed by atoms with Gasteiger partial charge in [-0.3, -0.25) is 0 Å². The molecule has 1 heteroatoms. The standard InChI is InChI=1S/C10H7Br/c1-2-3-6-9-7-4-5-8-10(9)11/h1,3-8H. The maximum Gasteiger partial charge on any atom is 0.0247 e. The van der Waals surface area contributed by atoms with Gasteiger partial charge in [0.2, 0.25) is 0 Å². The van der Waals surface area contributed by atoms with Crippen molar-refractivity contribution < 1.29 is 0 Å². The molecule has 0 aliphatic rings. The highest BCUT2D eigenvalue weighted by Gasteiger charge is 1.90. The molecule has 1 aromatic carbocycles. The van der Waals surface area contributed by atoms with E-state index in [1.54, 1.807) is 6.08 Å². The SMILES string of the molecule is C#CC=Cc1ccccc1Br. The Labute approximate surface area is 75.1 Å². The molecular weight excluding hydrogens is 200 g/mol. The van der Waals surface area contributed by atoms with E-state index in [0.29, 0.717) is 0 Å². The zero-order valence-electron chi connectivity index (χ0n) is 5.92. The van der Waals surface area contributed by atoms with Gasteiger partial charge in [-0.2, -0.15) is 0 Å². The molecule has 0 saturated heterocycles. The lowest BCUT2D eigenvalue weighted by molar-refractivity contribution is 1.60. The summed E-state index contributed by atoms with van der Waals surface area (Å²) in [5.74, 6) is 2.44. The predicted octanol–water partition coefficient (Wildman–Crippen LogP) is 3.10. The molecule has 0 amide bonds. The van der Waals surface area contributed by atoms with Crippen LogP contribution in [0.5, 0.6) is 0 Å². The Morgan fingerprint density at radius 3 is 2.73 bits per heavy atom. The number of allylic oxidation sites excluding steroid dienone is 1. The first-order valence-corrected chi connectivity index (χ1v) is 4.01. The van der Waals surface area contributed by atoms with Crippen LogP contribution in [0.15, 0.2) is 34.8 Å². The highest BCUT2D eigenvalue weighted by molar-refractivity contribution is 9.10. The van der Waals surface area contributed by atoms with Crippen molar-refractivity contribution in [2.45, 2.75) is 0 Å². The Kier molecular flexibility index (Phi) is 2.95. The normalized spacial score (nSPS) is 9.82. The fourth-order valence-electron chi connectivity index (χ4n) is 0.748. The first-order valence-electron chi connectivity index (χ1n) is 3.22. The first kappa shape index (κ1) is 8.10. The largest absolute Gasteiger partial charge is 0.115 e. The van der Waals surface area contributed by atoms with Crippen LogP contribution in [0.2, 0.25) is 0 Å². The second-order valence-electron chi connectivity index (χ2n) is 2.02. The molecule has 0 radical (unpaired) electrons. The number of hydrogen-bond donors (Lipinski definition) is 0. The van der Waals surface area contributed by atoms with Gasteiger partial charge in [0, 0.05) is 4.47 Å². The number of halogens is 1. The van der Waals surface area contributed by atoms with Gasteiger partial charge >= 0.3 is 0 Å². The van der Waals surface area contributed by atoms with Crippen LogP contribution in [0.4, 0.5) is 0 Å². The number of hydrogen-bond acceptors (Lipinski definition) is 0. The van der Waals surface area contributed by atoms with Crippen LogP contribution in [0, 0.1) is 12.3 Å². The molecule has 0 aliphatic heterocycles. The van der Waals surface area contributed by atoms with Crippen molar-refractivity contribution >= 4 is 22.0 Å². The molecule has 54 valence electrons. The van der Waals surface area contributed by atoms with Gasteiger partial charge in [-0.05, 0) is 23.8 Å². The average Bonchev–Trinajstić information content (AvgIpc) is 2.03. The highest BCUT2D eigenvalue weighted by atomic mass is 79.9. The Bertz CT molecular complexity index is 305. The maximum atomic E-state index is 5.07. The summed E-state index contributed by atoms with van der Waals surface area (Å²) in [6, 6.07) is 7.92. The van der Waals surface area contributed by atoms with Crippen LogP contribution in [0.25, 0.3) is 6.08 Å². The van der Waals surface area contributed by atoms with E-state index in [-0.39, 0.29) is 0 Å². The number of benzene rings is 1. The summed E-state index contributed by atoms with van der Waals surface area (Å²) in [6.45, 7) is 0. The second-order valence-corrected chi connectivity index (χ2v) is 2.88. The van der Waals surface area contributed by atoms with E-state index >= 15 is 0 Å². The van der Waals surface area contributed by atoms with E-state index < -0.39 is 0 Å². The van der Waals surface area contributed by atoms with Crippen LogP contribution >= 0.6 is 15.9 Å². The van der Waals surface area contributed by atoms with Gasteiger partial charge in [0.15, 0.2) is 0 Å². The summed E-state index contributed by atoms with van der Waals surface area (Å²) in [4.78, 5) is 0. The molecule has 0 atom stereocenters. The van der Waals surface area contributed by atoms with Gasteiger partial charge in [-0.25, -0.2) is 0 Å². The van der Waals surface area contributed by atoms with E-state index in [1.165, 1.54) is 0 Å². The minimum absolute atomic E-state index is 1.06. The van der Waals surface area contributed by atoms with Gasteiger partial charge in [-0.15, -0.1) is 6.42 Å². The van der Waals surface area contributed by atoms with Crippen LogP contribution in [-0.2, 0) is 0 Å². The first-order chi connectivity index (χ1) is 5.34. The maximum absolute atomic E-state index is 5.07. The molecule has 0 bridgehead atoms. The smallest absolute Gasteiger partial charge is 0.0247 e. The minimum Gasteiger partial charge on any atom is -0.115 e. The third-order valence-electron chi connectivity index (χ3n) is 1.26. The van der Waals surface area contributed by atoms with Gasteiger partial charge in [-0.1, -0.05) is 40.0 Å². The molecule has 0 spiro atoms. The van der Waals surface area contributed by atoms with Crippen molar-refractivity contribution in [1.29, 1.82) is 0 Å². The third kappa shape index (κ3) is 2.25. The van der Waals surface area contributed by atoms with Gasteiger partial charge in [0.05, 0.1) is 0 Å². The lowest BCUT2D eigenvalue weighted by Crippen LogP contribution is -1.71. The molecule has 0 heterocycles. The molecule has 1 rings (SSSR count). The van der Waals surface area contributed by atoms with E-state index in [0.717, 1.165) is 10.0 Å². The van der Waals surface area contributed by atoms with Crippen molar-refractivity contribution in [2.75, 3.05) is 0 Å². The van der Waals surface area contributed by atoms with E-state index in [4.69, 9.17) is 6.42 Å². The van der Waals surface area contributed by atoms with Gasteiger partial charge in [0.25, 0.3) is 0 Å². The van der Waals surface area contributed by atoms with Crippen molar-refractivity contribution in [3.8, 4) is 12.3 Å². The molecule has 0 saturated carbocycles. The fraction of sp³-hybridized carbons (Fsp3) is 0. The third-order valence-corrected chi connectivity index (χ3v) is 1.99. The second kappa shape index (κ2) is 4.00. The minimum atomic E-state index is 1.06. The lowest BCUT2D eigenvalue weighted by atomic mass is 10.2. The summed E-state index contributed by atoms with van der Waals surface area (Å²) in [5, 5.41) is 0. The van der Waals surface area contributed by atoms with Gasteiger partial charge in [0.1, 0.15) is 0 Å². The topological polar surface area (TPSA) is 0 Å². The van der Waals surface area contributed by atoms with Crippen LogP contribution in [0.1, 0.15) is 5.56 Å². The average molecular weight is 207 g/mol. The molecule has 1 aromatic rings. The predicted molar refractivity (Wildman–Crippen MR) is 52.0 cm³/mol. The molecule has 0 N–H and O–H groups in total. The fourth-order valence-corrected chi connectivity index (χ4v) is 1.17. The zero-order valence-corrected chi connectivity index (χ0v) is 7.51. The van der Waals surface area contributed by atoms with Crippen molar-refractivity contribution in [2.24, 2.45) is 0 Å². The van der Waals surface area contributed by atoms with E-state index in [1.807, 2.05) is 30.3 Å². The summed E-state index contributed by atoms with van der Waals surface area (Å²) < 4.78 is 1.06. The molecule has 0 unspecified atom stereocenters. The summed E-state index contributed by atoms with van der Waals surface area (Å²) in [5.41, 5.74) is 1.10. The number of rotatable bonds is 1. The van der Waals surface area contributed by atoms with Crippen LogP contribution < -0.4 is 0 Å². The Hall–Kier alpha value is -1.00. The Morgan fingerprint density at radius 2 is 2.09 bits per heavy atom. The molecule has 0 fully saturated rings. The molecule has 11 heavy (non-hydrogen) atoms. The van der Waals surface area contributed by atoms with Crippen molar-refractivity contribution in [3.05, 3.63) is 40.4 Å². The molecule has 0 aromatic heterocycles. The quantitative estimate of drug-likeness (QED) is 0.620. The van der Waals surface area contributed by atoms with Crippen molar-refractivity contribution in [3.63, 3.8) is 0 Å². The Balaban J connectivity index is 2.97. The molecule has 0 aliphatic carbocycles. The van der Waals surface area contributed by atoms with Crippen LogP contribution in [0.3, 0.4) is 0 Å². The summed E-state index contributed by atoms with van der Waals surface area (Å²) >= 11 is 3.41. The van der Waals surface area contributed by atoms with Crippen LogP contribution in [-0.4, -0.2) is 0 Å². The lowest BCUT2D eigenvalue weighted by Gasteiger charge is -1.94. The van der Waals surface area contributed by atoms with E-state index in [2.05, 4.69) is 21.9 Å². The number of terminal acetylenes is 1. The highest BCUT2D eigenvalue weighted by Crippen LogP contribution is 2.16.